The average molecular weight is 236 g/mol. The second-order valence-corrected chi connectivity index (χ2v) is 4.35. The summed E-state index contributed by atoms with van der Waals surface area (Å²) in [6, 6.07) is 6.93. The van der Waals surface area contributed by atoms with Gasteiger partial charge in [0.1, 0.15) is 0 Å². The largest absolute Gasteiger partial charge is 0.316 e. The van der Waals surface area contributed by atoms with Gasteiger partial charge in [-0.3, -0.25) is 10.1 Å². The molecule has 4 heteroatoms. The molecule has 0 fully saturated rings. The summed E-state index contributed by atoms with van der Waals surface area (Å²) < 4.78 is 0. The van der Waals surface area contributed by atoms with Crippen LogP contribution in [0.2, 0.25) is 0 Å². The Morgan fingerprint density at radius 1 is 1.41 bits per heavy atom. The molecule has 0 aromatic heterocycles. The van der Waals surface area contributed by atoms with Crippen LogP contribution in [-0.4, -0.2) is 18.0 Å². The number of benzene rings is 1. The van der Waals surface area contributed by atoms with Crippen LogP contribution >= 0.6 is 0 Å². The van der Waals surface area contributed by atoms with E-state index in [9.17, 15) is 10.1 Å². The van der Waals surface area contributed by atoms with Crippen molar-refractivity contribution in [3.63, 3.8) is 0 Å². The Hall–Kier alpha value is -1.42. The van der Waals surface area contributed by atoms with Gasteiger partial charge in [-0.25, -0.2) is 0 Å². The summed E-state index contributed by atoms with van der Waals surface area (Å²) in [5, 5.41) is 14.1. The summed E-state index contributed by atoms with van der Waals surface area (Å²) >= 11 is 0. The first-order valence-electron chi connectivity index (χ1n) is 6.08. The Kier molecular flexibility index (Phi) is 5.63. The Balaban J connectivity index is 2.44. The number of nitro groups is 1. The molecule has 1 rings (SSSR count). The lowest BCUT2D eigenvalue weighted by Gasteiger charge is -2.09. The van der Waals surface area contributed by atoms with Crippen molar-refractivity contribution in [2.45, 2.75) is 26.7 Å². The standard InChI is InChI=1S/C13H20N2O2/c1-3-11(2)10-14-9-8-12-6-4-5-7-13(12)15(16)17/h4-7,11,14H,3,8-10H2,1-2H3. The lowest BCUT2D eigenvalue weighted by atomic mass is 10.1. The first-order valence-corrected chi connectivity index (χ1v) is 6.08. The molecule has 0 bridgehead atoms. The number of nitrogens with one attached hydrogen (secondary N) is 1. The molecule has 94 valence electrons. The monoisotopic (exact) mass is 236 g/mol. The first-order chi connectivity index (χ1) is 8.15. The van der Waals surface area contributed by atoms with Gasteiger partial charge in [-0.2, -0.15) is 0 Å². The first kappa shape index (κ1) is 13.6. The minimum Gasteiger partial charge on any atom is -0.316 e. The molecule has 0 aliphatic carbocycles. The molecule has 0 saturated carbocycles. The van der Waals surface area contributed by atoms with Gasteiger partial charge < -0.3 is 5.32 Å². The van der Waals surface area contributed by atoms with E-state index in [-0.39, 0.29) is 10.6 Å². The van der Waals surface area contributed by atoms with E-state index in [0.717, 1.165) is 25.1 Å². The maximum atomic E-state index is 10.8. The molecule has 17 heavy (non-hydrogen) atoms. The van der Waals surface area contributed by atoms with E-state index < -0.39 is 0 Å². The number of hydrogen-bond acceptors (Lipinski definition) is 3. The second-order valence-electron chi connectivity index (χ2n) is 4.35. The lowest BCUT2D eigenvalue weighted by Crippen LogP contribution is -2.23. The van der Waals surface area contributed by atoms with Gasteiger partial charge in [-0.05, 0) is 25.4 Å². The number of rotatable bonds is 7. The van der Waals surface area contributed by atoms with Crippen molar-refractivity contribution in [1.29, 1.82) is 0 Å². The van der Waals surface area contributed by atoms with Crippen molar-refractivity contribution in [3.05, 3.63) is 39.9 Å². The van der Waals surface area contributed by atoms with Crippen molar-refractivity contribution in [2.24, 2.45) is 5.92 Å². The minimum atomic E-state index is -0.315. The third kappa shape index (κ3) is 4.53. The predicted octanol–water partition coefficient (Wildman–Crippen LogP) is 2.77. The maximum Gasteiger partial charge on any atom is 0.272 e. The van der Waals surface area contributed by atoms with Crippen LogP contribution in [0.5, 0.6) is 0 Å². The van der Waals surface area contributed by atoms with Crippen LogP contribution in [-0.2, 0) is 6.42 Å². The third-order valence-corrected chi connectivity index (χ3v) is 2.95. The molecular formula is C13H20N2O2. The smallest absolute Gasteiger partial charge is 0.272 e. The van der Waals surface area contributed by atoms with E-state index in [1.165, 1.54) is 0 Å². The molecule has 0 aliphatic rings. The van der Waals surface area contributed by atoms with E-state index >= 15 is 0 Å². The van der Waals surface area contributed by atoms with Gasteiger partial charge in [0.25, 0.3) is 5.69 Å². The molecule has 4 nitrogen and oxygen atoms in total. The Labute approximate surface area is 102 Å². The van der Waals surface area contributed by atoms with Gasteiger partial charge in [0, 0.05) is 11.6 Å². The highest BCUT2D eigenvalue weighted by Crippen LogP contribution is 2.17. The van der Waals surface area contributed by atoms with Crippen molar-refractivity contribution >= 4 is 5.69 Å². The van der Waals surface area contributed by atoms with Crippen LogP contribution in [0.3, 0.4) is 0 Å². The molecule has 0 aliphatic heterocycles. The van der Waals surface area contributed by atoms with Gasteiger partial charge >= 0.3 is 0 Å². The van der Waals surface area contributed by atoms with Crippen LogP contribution < -0.4 is 5.32 Å². The molecule has 1 aromatic carbocycles. The van der Waals surface area contributed by atoms with Crippen molar-refractivity contribution in [2.75, 3.05) is 13.1 Å². The molecule has 1 N–H and O–H groups in total. The summed E-state index contributed by atoms with van der Waals surface area (Å²) in [6.45, 7) is 6.11. The predicted molar refractivity (Wildman–Crippen MR) is 69.1 cm³/mol. The minimum absolute atomic E-state index is 0.220. The van der Waals surface area contributed by atoms with E-state index in [2.05, 4.69) is 19.2 Å². The highest BCUT2D eigenvalue weighted by molar-refractivity contribution is 5.39. The Morgan fingerprint density at radius 3 is 2.76 bits per heavy atom. The van der Waals surface area contributed by atoms with Crippen LogP contribution in [0.1, 0.15) is 25.8 Å². The van der Waals surface area contributed by atoms with Crippen molar-refractivity contribution in [3.8, 4) is 0 Å². The van der Waals surface area contributed by atoms with Crippen molar-refractivity contribution < 1.29 is 4.92 Å². The van der Waals surface area contributed by atoms with Crippen LogP contribution in [0.4, 0.5) is 5.69 Å². The number of para-hydroxylation sites is 1. The van der Waals surface area contributed by atoms with Crippen LogP contribution in [0, 0.1) is 16.0 Å². The molecule has 1 unspecified atom stereocenters. The molecule has 0 radical (unpaired) electrons. The zero-order valence-corrected chi connectivity index (χ0v) is 10.5. The summed E-state index contributed by atoms with van der Waals surface area (Å²) in [7, 11) is 0. The number of hydrogen-bond donors (Lipinski definition) is 1. The molecule has 0 heterocycles. The SMILES string of the molecule is CCC(C)CNCCc1ccccc1[N+](=O)[O-]. The quantitative estimate of drug-likeness (QED) is 0.450. The fraction of sp³-hybridized carbons (Fsp3) is 0.538. The molecule has 0 amide bonds. The topological polar surface area (TPSA) is 55.2 Å². The fourth-order valence-corrected chi connectivity index (χ4v) is 1.62. The van der Waals surface area contributed by atoms with Gasteiger partial charge in [0.15, 0.2) is 0 Å². The Bertz CT molecular complexity index is 366. The fourth-order valence-electron chi connectivity index (χ4n) is 1.62. The van der Waals surface area contributed by atoms with Gasteiger partial charge in [-0.1, -0.05) is 38.5 Å². The summed E-state index contributed by atoms with van der Waals surface area (Å²) in [5.41, 5.74) is 1.02. The number of nitro benzene ring substituents is 1. The van der Waals surface area contributed by atoms with Gasteiger partial charge in [-0.15, -0.1) is 0 Å². The highest BCUT2D eigenvalue weighted by Gasteiger charge is 2.11. The van der Waals surface area contributed by atoms with E-state index in [1.807, 2.05) is 12.1 Å². The summed E-state index contributed by atoms with van der Waals surface area (Å²) in [4.78, 5) is 10.5. The molecule has 0 spiro atoms. The number of nitrogens with zero attached hydrogens (tertiary/aromatic N) is 1. The van der Waals surface area contributed by atoms with E-state index in [4.69, 9.17) is 0 Å². The molecule has 0 saturated heterocycles. The average Bonchev–Trinajstić information content (AvgIpc) is 2.34. The molecule has 1 atom stereocenters. The van der Waals surface area contributed by atoms with Crippen LogP contribution in [0.15, 0.2) is 24.3 Å². The van der Waals surface area contributed by atoms with Gasteiger partial charge in [0.05, 0.1) is 4.92 Å². The zero-order chi connectivity index (χ0) is 12.7. The van der Waals surface area contributed by atoms with Crippen LogP contribution in [0.25, 0.3) is 0 Å². The van der Waals surface area contributed by atoms with Gasteiger partial charge in [0.2, 0.25) is 0 Å². The highest BCUT2D eigenvalue weighted by atomic mass is 16.6. The van der Waals surface area contributed by atoms with E-state index in [0.29, 0.717) is 12.3 Å². The Morgan fingerprint density at radius 2 is 2.12 bits per heavy atom. The normalized spacial score (nSPS) is 12.4. The third-order valence-electron chi connectivity index (χ3n) is 2.95. The molecular weight excluding hydrogens is 216 g/mol. The lowest BCUT2D eigenvalue weighted by molar-refractivity contribution is -0.385. The second kappa shape index (κ2) is 7.01. The maximum absolute atomic E-state index is 10.8. The van der Waals surface area contributed by atoms with Crippen molar-refractivity contribution in [1.82, 2.24) is 5.32 Å². The summed E-state index contributed by atoms with van der Waals surface area (Å²) in [5.74, 6) is 0.653. The van der Waals surface area contributed by atoms with E-state index in [1.54, 1.807) is 12.1 Å². The molecule has 1 aromatic rings. The zero-order valence-electron chi connectivity index (χ0n) is 10.5. The summed E-state index contributed by atoms with van der Waals surface area (Å²) in [6.07, 6.45) is 1.85.